The van der Waals surface area contributed by atoms with Crippen LogP contribution in [0, 0.1) is 29.0 Å². The fourth-order valence-electron chi connectivity index (χ4n) is 6.71. The molecule has 3 aliphatic rings. The predicted octanol–water partition coefficient (Wildman–Crippen LogP) is 5.27. The number of hydrogen-bond acceptors (Lipinski definition) is 3. The Morgan fingerprint density at radius 3 is 2.41 bits per heavy atom. The zero-order valence-corrected chi connectivity index (χ0v) is 18.3. The number of hydrogen-bond donors (Lipinski definition) is 1. The third-order valence-electron chi connectivity index (χ3n) is 8.32. The zero-order valence-electron chi connectivity index (χ0n) is 18.3. The van der Waals surface area contributed by atoms with Crippen molar-refractivity contribution >= 4 is 16.6 Å². The Labute approximate surface area is 188 Å². The van der Waals surface area contributed by atoms with E-state index in [9.17, 15) is 4.39 Å². The Morgan fingerprint density at radius 1 is 0.938 bits per heavy atom. The van der Waals surface area contributed by atoms with E-state index in [1.807, 2.05) is 12.1 Å². The van der Waals surface area contributed by atoms with Gasteiger partial charge in [-0.1, -0.05) is 18.2 Å². The minimum Gasteiger partial charge on any atom is -0.369 e. The Bertz CT molecular complexity index is 1160. The SMILES string of the molecule is N#Cc1ccc(N2CCN([C@H]3C[C@H]4C[C@@H](c5c[nH]c6ccccc56)C[C@H]4C3)CC2)cc1F. The lowest BCUT2D eigenvalue weighted by Gasteiger charge is -2.39. The molecular formula is C27H29FN4. The molecule has 3 aromatic rings. The van der Waals surface area contributed by atoms with Gasteiger partial charge in [0.05, 0.1) is 5.56 Å². The number of para-hydroxylation sites is 1. The minimum absolute atomic E-state index is 0.121. The summed E-state index contributed by atoms with van der Waals surface area (Å²) in [6.45, 7) is 3.93. The molecule has 6 rings (SSSR count). The highest BCUT2D eigenvalue weighted by Gasteiger charge is 2.44. The van der Waals surface area contributed by atoms with Crippen molar-refractivity contribution in [2.24, 2.45) is 11.8 Å². The summed E-state index contributed by atoms with van der Waals surface area (Å²) in [6.07, 6.45) is 7.56. The van der Waals surface area contributed by atoms with Gasteiger partial charge in [0.1, 0.15) is 11.9 Å². The zero-order chi connectivity index (χ0) is 21.7. The summed E-state index contributed by atoms with van der Waals surface area (Å²) >= 11 is 0. The van der Waals surface area contributed by atoms with Crippen molar-refractivity contribution in [1.82, 2.24) is 9.88 Å². The van der Waals surface area contributed by atoms with Crippen molar-refractivity contribution in [2.75, 3.05) is 31.1 Å². The number of piperazine rings is 1. The van der Waals surface area contributed by atoms with Gasteiger partial charge in [0.25, 0.3) is 0 Å². The molecule has 0 unspecified atom stereocenters. The number of halogens is 1. The molecule has 0 radical (unpaired) electrons. The third-order valence-corrected chi connectivity index (χ3v) is 8.32. The Balaban J connectivity index is 1.06. The van der Waals surface area contributed by atoms with E-state index < -0.39 is 5.82 Å². The molecule has 1 aliphatic heterocycles. The first-order valence-electron chi connectivity index (χ1n) is 11.9. The molecule has 0 bridgehead atoms. The molecule has 2 heterocycles. The lowest BCUT2D eigenvalue weighted by molar-refractivity contribution is 0.179. The van der Waals surface area contributed by atoms with Crippen LogP contribution in [0.15, 0.2) is 48.7 Å². The van der Waals surface area contributed by atoms with Gasteiger partial charge < -0.3 is 9.88 Å². The van der Waals surface area contributed by atoms with Gasteiger partial charge in [-0.15, -0.1) is 0 Å². The van der Waals surface area contributed by atoms with E-state index in [1.54, 1.807) is 6.07 Å². The monoisotopic (exact) mass is 428 g/mol. The lowest BCUT2D eigenvalue weighted by atomic mass is 9.93. The third kappa shape index (κ3) is 3.38. The second-order valence-electron chi connectivity index (χ2n) is 9.90. The number of H-pyrrole nitrogens is 1. The van der Waals surface area contributed by atoms with E-state index in [2.05, 4.69) is 45.2 Å². The Kier molecular flexibility index (Phi) is 4.91. The highest BCUT2D eigenvalue weighted by Crippen LogP contribution is 2.52. The molecule has 2 saturated carbocycles. The highest BCUT2D eigenvalue weighted by atomic mass is 19.1. The maximum Gasteiger partial charge on any atom is 0.143 e. The standard InChI is InChI=1S/C27H29FN4/c28-26-15-22(6-5-18(26)16-29)31-7-9-32(10-8-31)23-13-19-11-21(12-20(19)14-23)25-17-30-27-4-2-1-3-24(25)27/h1-6,15,17,19-21,23,30H,7-14H2/t19-,20+,21-,23+. The van der Waals surface area contributed by atoms with Gasteiger partial charge in [0.2, 0.25) is 0 Å². The Hall–Kier alpha value is -2.84. The minimum atomic E-state index is -0.416. The summed E-state index contributed by atoms with van der Waals surface area (Å²) in [6, 6.07) is 16.3. The van der Waals surface area contributed by atoms with Crippen LogP contribution in [0.2, 0.25) is 0 Å². The molecule has 164 valence electrons. The summed E-state index contributed by atoms with van der Waals surface area (Å²) in [5, 5.41) is 10.4. The van der Waals surface area contributed by atoms with Gasteiger partial charge in [-0.05, 0) is 73.3 Å². The van der Waals surface area contributed by atoms with Crippen LogP contribution in [0.3, 0.4) is 0 Å². The fraction of sp³-hybridized carbons (Fsp3) is 0.444. The average molecular weight is 429 g/mol. The maximum atomic E-state index is 14.0. The molecule has 1 saturated heterocycles. The highest BCUT2D eigenvalue weighted by molar-refractivity contribution is 5.83. The number of nitrogens with one attached hydrogen (secondary N) is 1. The number of anilines is 1. The molecule has 0 spiro atoms. The molecule has 32 heavy (non-hydrogen) atoms. The number of rotatable bonds is 3. The van der Waals surface area contributed by atoms with Crippen LogP contribution < -0.4 is 4.90 Å². The Morgan fingerprint density at radius 2 is 1.69 bits per heavy atom. The van der Waals surface area contributed by atoms with Crippen LogP contribution in [0.4, 0.5) is 10.1 Å². The van der Waals surface area contributed by atoms with Gasteiger partial charge >= 0.3 is 0 Å². The van der Waals surface area contributed by atoms with Crippen LogP contribution in [-0.2, 0) is 0 Å². The summed E-state index contributed by atoms with van der Waals surface area (Å²) < 4.78 is 14.0. The number of nitrogens with zero attached hydrogens (tertiary/aromatic N) is 3. The summed E-state index contributed by atoms with van der Waals surface area (Å²) in [7, 11) is 0. The van der Waals surface area contributed by atoms with Crippen molar-refractivity contribution in [2.45, 2.75) is 37.6 Å². The number of aromatic amines is 1. The number of benzene rings is 2. The van der Waals surface area contributed by atoms with Crippen LogP contribution in [0.1, 0.15) is 42.7 Å². The van der Waals surface area contributed by atoms with E-state index in [0.717, 1.165) is 43.7 Å². The maximum absolute atomic E-state index is 14.0. The summed E-state index contributed by atoms with van der Waals surface area (Å²) in [5.74, 6) is 1.99. The predicted molar refractivity (Wildman–Crippen MR) is 125 cm³/mol. The van der Waals surface area contributed by atoms with E-state index >= 15 is 0 Å². The first kappa shape index (κ1) is 19.8. The van der Waals surface area contributed by atoms with E-state index in [0.29, 0.717) is 12.0 Å². The second kappa shape index (κ2) is 7.94. The van der Waals surface area contributed by atoms with Gasteiger partial charge in [-0.2, -0.15) is 5.26 Å². The van der Waals surface area contributed by atoms with E-state index in [4.69, 9.17) is 5.26 Å². The number of aromatic nitrogens is 1. The van der Waals surface area contributed by atoms with Gasteiger partial charge in [-0.3, -0.25) is 4.90 Å². The van der Waals surface area contributed by atoms with Crippen LogP contribution in [0.5, 0.6) is 0 Å². The van der Waals surface area contributed by atoms with Gasteiger partial charge in [0, 0.05) is 55.0 Å². The first-order chi connectivity index (χ1) is 15.7. The molecule has 2 aliphatic carbocycles. The van der Waals surface area contributed by atoms with Crippen LogP contribution in [-0.4, -0.2) is 42.1 Å². The average Bonchev–Trinajstić information content (AvgIpc) is 3.52. The quantitative estimate of drug-likeness (QED) is 0.618. The normalized spacial score (nSPS) is 28.2. The van der Waals surface area contributed by atoms with Crippen molar-refractivity contribution in [3.8, 4) is 6.07 Å². The first-order valence-corrected chi connectivity index (χ1v) is 11.9. The van der Waals surface area contributed by atoms with Crippen molar-refractivity contribution in [1.29, 1.82) is 5.26 Å². The molecule has 1 N–H and O–H groups in total. The molecule has 3 fully saturated rings. The van der Waals surface area contributed by atoms with E-state index in [1.165, 1.54) is 48.2 Å². The van der Waals surface area contributed by atoms with Crippen molar-refractivity contribution < 1.29 is 4.39 Å². The van der Waals surface area contributed by atoms with Crippen molar-refractivity contribution in [3.63, 3.8) is 0 Å². The molecule has 4 nitrogen and oxygen atoms in total. The topological polar surface area (TPSA) is 46.1 Å². The summed E-state index contributed by atoms with van der Waals surface area (Å²) in [4.78, 5) is 8.40. The smallest absolute Gasteiger partial charge is 0.143 e. The molecule has 1 aromatic heterocycles. The van der Waals surface area contributed by atoms with Crippen LogP contribution in [0.25, 0.3) is 10.9 Å². The second-order valence-corrected chi connectivity index (χ2v) is 9.90. The summed E-state index contributed by atoms with van der Waals surface area (Å²) in [5.41, 5.74) is 3.80. The molecule has 5 heteroatoms. The van der Waals surface area contributed by atoms with E-state index in [-0.39, 0.29) is 5.56 Å². The molecule has 2 aromatic carbocycles. The number of fused-ring (bicyclic) bond motifs is 2. The molecule has 0 amide bonds. The molecule has 4 atom stereocenters. The van der Waals surface area contributed by atoms with Gasteiger partial charge in [0.15, 0.2) is 0 Å². The largest absolute Gasteiger partial charge is 0.369 e. The molecular weight excluding hydrogens is 399 g/mol. The lowest BCUT2D eigenvalue weighted by Crippen LogP contribution is -2.50. The van der Waals surface area contributed by atoms with Crippen LogP contribution >= 0.6 is 0 Å². The number of nitriles is 1. The fourth-order valence-corrected chi connectivity index (χ4v) is 6.71. The van der Waals surface area contributed by atoms with Gasteiger partial charge in [-0.25, -0.2) is 4.39 Å². The van der Waals surface area contributed by atoms with Crippen molar-refractivity contribution in [3.05, 3.63) is 65.6 Å².